The summed E-state index contributed by atoms with van der Waals surface area (Å²) < 4.78 is 22.8. The molecule has 8 heteroatoms. The SMILES string of the molecule is CS(=O)(=O)c1ccc(CNC(=O)c2cc(-c3cccs3)[nH]n2)cc1. The highest BCUT2D eigenvalue weighted by molar-refractivity contribution is 7.90. The molecule has 124 valence electrons. The van der Waals surface area contributed by atoms with Gasteiger partial charge < -0.3 is 5.32 Å². The van der Waals surface area contributed by atoms with Gasteiger partial charge in [-0.25, -0.2) is 8.42 Å². The lowest BCUT2D eigenvalue weighted by atomic mass is 10.2. The van der Waals surface area contributed by atoms with E-state index in [1.165, 1.54) is 12.1 Å². The summed E-state index contributed by atoms with van der Waals surface area (Å²) in [6, 6.07) is 12.0. The first-order valence-electron chi connectivity index (χ1n) is 7.10. The number of nitrogens with one attached hydrogen (secondary N) is 2. The number of carbonyl (C=O) groups is 1. The van der Waals surface area contributed by atoms with E-state index in [9.17, 15) is 13.2 Å². The third kappa shape index (κ3) is 3.72. The Morgan fingerprint density at radius 3 is 2.62 bits per heavy atom. The van der Waals surface area contributed by atoms with Crippen LogP contribution in [0.15, 0.2) is 52.7 Å². The van der Waals surface area contributed by atoms with Crippen molar-refractivity contribution in [1.29, 1.82) is 0 Å². The van der Waals surface area contributed by atoms with Gasteiger partial charge in [0.2, 0.25) is 0 Å². The minimum atomic E-state index is -3.21. The summed E-state index contributed by atoms with van der Waals surface area (Å²) in [6.45, 7) is 0.296. The first kappa shape index (κ1) is 16.4. The lowest BCUT2D eigenvalue weighted by Gasteiger charge is -2.04. The van der Waals surface area contributed by atoms with E-state index in [0.29, 0.717) is 12.2 Å². The maximum atomic E-state index is 12.1. The largest absolute Gasteiger partial charge is 0.347 e. The molecular formula is C16H15N3O3S2. The van der Waals surface area contributed by atoms with Crippen molar-refractivity contribution in [3.8, 4) is 10.6 Å². The Labute approximate surface area is 143 Å². The highest BCUT2D eigenvalue weighted by Gasteiger charge is 2.12. The number of thiophene rings is 1. The van der Waals surface area contributed by atoms with Gasteiger partial charge in [-0.05, 0) is 35.2 Å². The van der Waals surface area contributed by atoms with E-state index < -0.39 is 9.84 Å². The number of hydrogen-bond acceptors (Lipinski definition) is 5. The molecule has 0 radical (unpaired) electrons. The Bertz CT molecular complexity index is 943. The summed E-state index contributed by atoms with van der Waals surface area (Å²) in [5, 5.41) is 11.6. The molecule has 0 aliphatic carbocycles. The minimum absolute atomic E-state index is 0.255. The van der Waals surface area contributed by atoms with E-state index in [-0.39, 0.29) is 10.8 Å². The van der Waals surface area contributed by atoms with Crippen molar-refractivity contribution in [2.75, 3.05) is 6.26 Å². The van der Waals surface area contributed by atoms with Crippen LogP contribution in [0.3, 0.4) is 0 Å². The van der Waals surface area contributed by atoms with Crippen molar-refractivity contribution < 1.29 is 13.2 Å². The first-order valence-corrected chi connectivity index (χ1v) is 9.87. The predicted octanol–water partition coefficient (Wildman–Crippen LogP) is 2.47. The third-order valence-corrected chi connectivity index (χ3v) is 5.43. The van der Waals surface area contributed by atoms with Gasteiger partial charge >= 0.3 is 0 Å². The van der Waals surface area contributed by atoms with Crippen LogP contribution < -0.4 is 5.32 Å². The number of rotatable bonds is 5. The number of benzene rings is 1. The van der Waals surface area contributed by atoms with Crippen LogP contribution in [0.5, 0.6) is 0 Å². The minimum Gasteiger partial charge on any atom is -0.347 e. The maximum absolute atomic E-state index is 12.1. The van der Waals surface area contributed by atoms with Crippen molar-refractivity contribution in [3.63, 3.8) is 0 Å². The van der Waals surface area contributed by atoms with Gasteiger partial charge in [0.05, 0.1) is 15.5 Å². The normalized spacial score (nSPS) is 11.4. The van der Waals surface area contributed by atoms with Gasteiger partial charge in [0.15, 0.2) is 15.5 Å². The molecule has 2 heterocycles. The van der Waals surface area contributed by atoms with Crippen LogP contribution in [0.4, 0.5) is 0 Å². The van der Waals surface area contributed by atoms with Crippen LogP contribution in [-0.4, -0.2) is 30.8 Å². The van der Waals surface area contributed by atoms with Gasteiger partial charge in [-0.2, -0.15) is 5.10 Å². The molecule has 0 bridgehead atoms. The van der Waals surface area contributed by atoms with Gasteiger partial charge in [-0.15, -0.1) is 11.3 Å². The zero-order chi connectivity index (χ0) is 17.2. The second-order valence-corrected chi connectivity index (χ2v) is 8.21. The number of carbonyl (C=O) groups excluding carboxylic acids is 1. The smallest absolute Gasteiger partial charge is 0.272 e. The van der Waals surface area contributed by atoms with Crippen LogP contribution >= 0.6 is 11.3 Å². The second-order valence-electron chi connectivity index (χ2n) is 5.24. The van der Waals surface area contributed by atoms with Crippen LogP contribution in [0.1, 0.15) is 16.1 Å². The quantitative estimate of drug-likeness (QED) is 0.730. The van der Waals surface area contributed by atoms with E-state index in [4.69, 9.17) is 0 Å². The first-order chi connectivity index (χ1) is 11.4. The molecule has 0 aliphatic rings. The van der Waals surface area contributed by atoms with E-state index >= 15 is 0 Å². The van der Waals surface area contributed by atoms with E-state index in [1.54, 1.807) is 29.5 Å². The standard InChI is InChI=1S/C16H15N3O3S2/c1-24(21,22)12-6-4-11(5-7-12)10-17-16(20)14-9-13(18-19-14)15-3-2-8-23-15/h2-9H,10H2,1H3,(H,17,20)(H,18,19). The van der Waals surface area contributed by atoms with Gasteiger partial charge in [0, 0.05) is 12.8 Å². The van der Waals surface area contributed by atoms with Crippen LogP contribution in [0, 0.1) is 0 Å². The Balaban J connectivity index is 1.63. The molecule has 1 aromatic carbocycles. The lowest BCUT2D eigenvalue weighted by molar-refractivity contribution is 0.0946. The van der Waals surface area contributed by atoms with Crippen molar-refractivity contribution in [3.05, 3.63) is 59.1 Å². The molecule has 2 aromatic heterocycles. The second kappa shape index (κ2) is 6.58. The third-order valence-electron chi connectivity index (χ3n) is 3.40. The molecule has 1 amide bonds. The van der Waals surface area contributed by atoms with Gasteiger partial charge in [-0.3, -0.25) is 9.89 Å². The number of sulfone groups is 1. The number of nitrogens with zero attached hydrogens (tertiary/aromatic N) is 1. The van der Waals surface area contributed by atoms with Crippen molar-refractivity contribution in [2.24, 2.45) is 0 Å². The molecule has 0 saturated carbocycles. The Morgan fingerprint density at radius 1 is 1.25 bits per heavy atom. The summed E-state index contributed by atoms with van der Waals surface area (Å²) in [6.07, 6.45) is 1.16. The molecule has 0 fully saturated rings. The molecule has 3 aromatic rings. The fraction of sp³-hybridized carbons (Fsp3) is 0.125. The molecule has 0 saturated heterocycles. The number of aromatic amines is 1. The summed E-state index contributed by atoms with van der Waals surface area (Å²) in [7, 11) is -3.21. The zero-order valence-corrected chi connectivity index (χ0v) is 14.4. The average Bonchev–Trinajstić information content (AvgIpc) is 3.22. The predicted molar refractivity (Wildman–Crippen MR) is 92.6 cm³/mol. The van der Waals surface area contributed by atoms with Gasteiger partial charge in [-0.1, -0.05) is 18.2 Å². The highest BCUT2D eigenvalue weighted by Crippen LogP contribution is 2.22. The molecule has 0 atom stereocenters. The summed E-state index contributed by atoms with van der Waals surface area (Å²) in [4.78, 5) is 13.4. The number of hydrogen-bond donors (Lipinski definition) is 2. The fourth-order valence-corrected chi connectivity index (χ4v) is 3.45. The van der Waals surface area contributed by atoms with Crippen molar-refractivity contribution in [2.45, 2.75) is 11.4 Å². The lowest BCUT2D eigenvalue weighted by Crippen LogP contribution is -2.23. The molecule has 3 rings (SSSR count). The monoisotopic (exact) mass is 361 g/mol. The Hall–Kier alpha value is -2.45. The van der Waals surface area contributed by atoms with Gasteiger partial charge in [0.1, 0.15) is 0 Å². The van der Waals surface area contributed by atoms with E-state index in [0.717, 1.165) is 22.4 Å². The summed E-state index contributed by atoms with van der Waals surface area (Å²) in [5.74, 6) is -0.291. The van der Waals surface area contributed by atoms with Crippen LogP contribution in [-0.2, 0) is 16.4 Å². The van der Waals surface area contributed by atoms with Crippen molar-refractivity contribution in [1.82, 2.24) is 15.5 Å². The zero-order valence-electron chi connectivity index (χ0n) is 12.8. The Kier molecular flexibility index (Phi) is 4.50. The molecular weight excluding hydrogens is 346 g/mol. The van der Waals surface area contributed by atoms with Crippen LogP contribution in [0.2, 0.25) is 0 Å². The number of amides is 1. The number of H-pyrrole nitrogens is 1. The van der Waals surface area contributed by atoms with E-state index in [2.05, 4.69) is 15.5 Å². The van der Waals surface area contributed by atoms with Gasteiger partial charge in [0.25, 0.3) is 5.91 Å². The topological polar surface area (TPSA) is 91.9 Å². The van der Waals surface area contributed by atoms with Crippen molar-refractivity contribution >= 4 is 27.1 Å². The summed E-state index contributed by atoms with van der Waals surface area (Å²) >= 11 is 1.56. The highest BCUT2D eigenvalue weighted by atomic mass is 32.2. The molecule has 6 nitrogen and oxygen atoms in total. The molecule has 24 heavy (non-hydrogen) atoms. The average molecular weight is 361 g/mol. The summed E-state index contributed by atoms with van der Waals surface area (Å²) in [5.41, 5.74) is 1.92. The maximum Gasteiger partial charge on any atom is 0.272 e. The Morgan fingerprint density at radius 2 is 2.00 bits per heavy atom. The molecule has 0 spiro atoms. The van der Waals surface area contributed by atoms with Crippen LogP contribution in [0.25, 0.3) is 10.6 Å². The van der Waals surface area contributed by atoms with E-state index in [1.807, 2.05) is 17.5 Å². The molecule has 0 unspecified atom stereocenters. The molecule has 2 N–H and O–H groups in total. The molecule has 0 aliphatic heterocycles. The number of aromatic nitrogens is 2. The fourth-order valence-electron chi connectivity index (χ4n) is 2.12.